The molecule has 0 heterocycles. The van der Waals surface area contributed by atoms with Crippen LogP contribution in [0.1, 0.15) is 16.5 Å². The smallest absolute Gasteiger partial charge is 0.161 e. The van der Waals surface area contributed by atoms with Gasteiger partial charge in [-0.3, -0.25) is 0 Å². The molecule has 0 amide bonds. The van der Waals surface area contributed by atoms with E-state index < -0.39 is 0 Å². The Morgan fingerprint density at radius 2 is 1.65 bits per heavy atom. The van der Waals surface area contributed by atoms with Crippen LogP contribution in [-0.4, -0.2) is 14.2 Å². The highest BCUT2D eigenvalue weighted by molar-refractivity contribution is 6.21. The van der Waals surface area contributed by atoms with Gasteiger partial charge in [-0.15, -0.1) is 11.6 Å². The van der Waals surface area contributed by atoms with Gasteiger partial charge in [0.05, 0.1) is 19.6 Å². The van der Waals surface area contributed by atoms with Gasteiger partial charge < -0.3 is 9.47 Å². The summed E-state index contributed by atoms with van der Waals surface area (Å²) in [7, 11) is 3.18. The molecule has 4 heteroatoms. The highest BCUT2D eigenvalue weighted by atomic mass is 35.5. The molecule has 20 heavy (non-hydrogen) atoms. The zero-order valence-electron chi connectivity index (χ0n) is 11.4. The SMILES string of the molecule is COc1ccc(C(Cl)Cc2ccc(F)cc2)cc1OC. The Labute approximate surface area is 123 Å². The van der Waals surface area contributed by atoms with Gasteiger partial charge in [0.15, 0.2) is 11.5 Å². The monoisotopic (exact) mass is 294 g/mol. The predicted octanol–water partition coefficient (Wildman–Crippen LogP) is 4.37. The fourth-order valence-corrected chi connectivity index (χ4v) is 2.31. The van der Waals surface area contributed by atoms with Crippen molar-refractivity contribution in [2.24, 2.45) is 0 Å². The van der Waals surface area contributed by atoms with Crippen LogP contribution >= 0.6 is 11.6 Å². The van der Waals surface area contributed by atoms with E-state index in [1.165, 1.54) is 12.1 Å². The standard InChI is InChI=1S/C16H16ClFO2/c1-19-15-8-5-12(10-16(15)20-2)14(17)9-11-3-6-13(18)7-4-11/h3-8,10,14H,9H2,1-2H3. The third-order valence-corrected chi connectivity index (χ3v) is 3.50. The van der Waals surface area contributed by atoms with Crippen molar-refractivity contribution in [3.63, 3.8) is 0 Å². The Hall–Kier alpha value is -1.74. The second kappa shape index (κ2) is 6.62. The van der Waals surface area contributed by atoms with Crippen LogP contribution < -0.4 is 9.47 Å². The summed E-state index contributed by atoms with van der Waals surface area (Å²) in [4.78, 5) is 0. The van der Waals surface area contributed by atoms with Crippen molar-refractivity contribution in [1.29, 1.82) is 0 Å². The van der Waals surface area contributed by atoms with Crippen molar-refractivity contribution in [2.45, 2.75) is 11.8 Å². The van der Waals surface area contributed by atoms with Crippen molar-refractivity contribution in [1.82, 2.24) is 0 Å². The first kappa shape index (κ1) is 14.7. The number of alkyl halides is 1. The van der Waals surface area contributed by atoms with Gasteiger partial charge in [0.2, 0.25) is 0 Å². The van der Waals surface area contributed by atoms with Gasteiger partial charge in [0.1, 0.15) is 5.82 Å². The van der Waals surface area contributed by atoms with Gasteiger partial charge in [-0.05, 0) is 41.8 Å². The molecule has 0 saturated carbocycles. The number of benzene rings is 2. The van der Waals surface area contributed by atoms with Crippen molar-refractivity contribution < 1.29 is 13.9 Å². The van der Waals surface area contributed by atoms with Crippen molar-refractivity contribution in [3.8, 4) is 11.5 Å². The lowest BCUT2D eigenvalue weighted by Crippen LogP contribution is -1.98. The number of ether oxygens (including phenoxy) is 2. The average Bonchev–Trinajstić information content (AvgIpc) is 2.48. The van der Waals surface area contributed by atoms with E-state index in [0.717, 1.165) is 11.1 Å². The first-order valence-electron chi connectivity index (χ1n) is 6.24. The van der Waals surface area contributed by atoms with E-state index in [9.17, 15) is 4.39 Å². The van der Waals surface area contributed by atoms with E-state index in [0.29, 0.717) is 17.9 Å². The lowest BCUT2D eigenvalue weighted by Gasteiger charge is -2.13. The fourth-order valence-electron chi connectivity index (χ4n) is 1.99. The third-order valence-electron chi connectivity index (χ3n) is 3.10. The largest absolute Gasteiger partial charge is 0.493 e. The maximum Gasteiger partial charge on any atom is 0.161 e. The minimum atomic E-state index is -0.244. The van der Waals surface area contributed by atoms with Gasteiger partial charge in [0, 0.05) is 0 Å². The molecule has 0 saturated heterocycles. The van der Waals surface area contributed by atoms with Crippen molar-refractivity contribution in [2.75, 3.05) is 14.2 Å². The molecule has 1 atom stereocenters. The van der Waals surface area contributed by atoms with Crippen LogP contribution in [0.15, 0.2) is 42.5 Å². The highest BCUT2D eigenvalue weighted by Crippen LogP contribution is 2.33. The van der Waals surface area contributed by atoms with Gasteiger partial charge in [-0.1, -0.05) is 18.2 Å². The fraction of sp³-hybridized carbons (Fsp3) is 0.250. The van der Waals surface area contributed by atoms with E-state index >= 15 is 0 Å². The first-order chi connectivity index (χ1) is 9.63. The lowest BCUT2D eigenvalue weighted by atomic mass is 10.0. The van der Waals surface area contributed by atoms with Crippen LogP contribution in [0.2, 0.25) is 0 Å². The van der Waals surface area contributed by atoms with Gasteiger partial charge in [-0.2, -0.15) is 0 Å². The summed E-state index contributed by atoms with van der Waals surface area (Å²) in [5.74, 6) is 1.07. The molecule has 0 aromatic heterocycles. The zero-order valence-corrected chi connectivity index (χ0v) is 12.2. The minimum absolute atomic E-state index is 0.208. The Kier molecular flexibility index (Phi) is 4.85. The molecule has 0 aliphatic heterocycles. The number of halogens is 2. The summed E-state index contributed by atoms with van der Waals surface area (Å²) in [6.45, 7) is 0. The summed E-state index contributed by atoms with van der Waals surface area (Å²) in [5, 5.41) is -0.208. The van der Waals surface area contributed by atoms with Gasteiger partial charge in [-0.25, -0.2) is 4.39 Å². The zero-order chi connectivity index (χ0) is 14.5. The van der Waals surface area contributed by atoms with E-state index in [1.807, 2.05) is 18.2 Å². The molecule has 2 aromatic rings. The normalized spacial score (nSPS) is 12.0. The summed E-state index contributed by atoms with van der Waals surface area (Å²) in [6, 6.07) is 12.0. The molecule has 0 radical (unpaired) electrons. The number of rotatable bonds is 5. The molecular weight excluding hydrogens is 279 g/mol. The third kappa shape index (κ3) is 3.42. The van der Waals surface area contributed by atoms with Crippen LogP contribution in [0.5, 0.6) is 11.5 Å². The average molecular weight is 295 g/mol. The summed E-state index contributed by atoms with van der Waals surface area (Å²) in [5.41, 5.74) is 1.93. The Morgan fingerprint density at radius 3 is 2.25 bits per heavy atom. The maximum atomic E-state index is 12.9. The van der Waals surface area contributed by atoms with E-state index in [4.69, 9.17) is 21.1 Å². The van der Waals surface area contributed by atoms with Crippen LogP contribution in [-0.2, 0) is 6.42 Å². The summed E-state index contributed by atoms with van der Waals surface area (Å²) < 4.78 is 23.3. The summed E-state index contributed by atoms with van der Waals surface area (Å²) >= 11 is 6.41. The van der Waals surface area contributed by atoms with Crippen molar-refractivity contribution in [3.05, 3.63) is 59.4 Å². The second-order valence-electron chi connectivity index (χ2n) is 4.41. The molecule has 2 nitrogen and oxygen atoms in total. The second-order valence-corrected chi connectivity index (χ2v) is 4.94. The molecule has 2 rings (SSSR count). The van der Waals surface area contributed by atoms with Crippen LogP contribution in [0, 0.1) is 5.82 Å². The van der Waals surface area contributed by atoms with Gasteiger partial charge in [0.25, 0.3) is 0 Å². The predicted molar refractivity (Wildman–Crippen MR) is 78.2 cm³/mol. The molecule has 2 aromatic carbocycles. The Morgan fingerprint density at radius 1 is 1.00 bits per heavy atom. The molecule has 0 fully saturated rings. The van der Waals surface area contributed by atoms with Crippen LogP contribution in [0.3, 0.4) is 0 Å². The minimum Gasteiger partial charge on any atom is -0.493 e. The highest BCUT2D eigenvalue weighted by Gasteiger charge is 2.12. The molecule has 0 aliphatic rings. The first-order valence-corrected chi connectivity index (χ1v) is 6.68. The van der Waals surface area contributed by atoms with E-state index in [2.05, 4.69) is 0 Å². The molecule has 0 N–H and O–H groups in total. The Bertz CT molecular complexity index is 569. The number of methoxy groups -OCH3 is 2. The molecular formula is C16H16ClFO2. The molecule has 106 valence electrons. The van der Waals surface area contributed by atoms with Gasteiger partial charge >= 0.3 is 0 Å². The Balaban J connectivity index is 2.16. The van der Waals surface area contributed by atoms with E-state index in [1.54, 1.807) is 26.4 Å². The van der Waals surface area contributed by atoms with Crippen LogP contribution in [0.4, 0.5) is 4.39 Å². The molecule has 0 aliphatic carbocycles. The summed E-state index contributed by atoms with van der Waals surface area (Å²) in [6.07, 6.45) is 0.622. The molecule has 0 bridgehead atoms. The topological polar surface area (TPSA) is 18.5 Å². The maximum absolute atomic E-state index is 12.9. The van der Waals surface area contributed by atoms with E-state index in [-0.39, 0.29) is 11.2 Å². The molecule has 1 unspecified atom stereocenters. The quantitative estimate of drug-likeness (QED) is 0.763. The lowest BCUT2D eigenvalue weighted by molar-refractivity contribution is 0.354. The molecule has 0 spiro atoms. The number of hydrogen-bond acceptors (Lipinski definition) is 2. The van der Waals surface area contributed by atoms with Crippen molar-refractivity contribution >= 4 is 11.6 Å². The number of hydrogen-bond donors (Lipinski definition) is 0. The van der Waals surface area contributed by atoms with Crippen LogP contribution in [0.25, 0.3) is 0 Å².